The van der Waals surface area contributed by atoms with Gasteiger partial charge in [0.1, 0.15) is 0 Å². The molecule has 6 heteroatoms. The van der Waals surface area contributed by atoms with Crippen LogP contribution in [0.3, 0.4) is 0 Å². The summed E-state index contributed by atoms with van der Waals surface area (Å²) < 4.78 is 23.1. The molecule has 1 amide bonds. The molecule has 1 aliphatic heterocycles. The lowest BCUT2D eigenvalue weighted by Crippen LogP contribution is -2.47. The Hall–Kier alpha value is -0.620. The van der Waals surface area contributed by atoms with Crippen LogP contribution in [0.5, 0.6) is 0 Å². The molecule has 2 atom stereocenters. The van der Waals surface area contributed by atoms with Gasteiger partial charge in [-0.15, -0.1) is 0 Å². The van der Waals surface area contributed by atoms with Crippen LogP contribution in [0.1, 0.15) is 40.0 Å². The van der Waals surface area contributed by atoms with Crippen LogP contribution in [-0.4, -0.2) is 38.4 Å². The van der Waals surface area contributed by atoms with Crippen molar-refractivity contribution in [1.82, 2.24) is 5.32 Å². The van der Waals surface area contributed by atoms with E-state index < -0.39 is 9.84 Å². The molecule has 3 N–H and O–H groups in total. The van der Waals surface area contributed by atoms with Crippen molar-refractivity contribution in [1.29, 1.82) is 0 Å². The normalized spacial score (nSPS) is 24.7. The summed E-state index contributed by atoms with van der Waals surface area (Å²) in [5, 5.41) is 2.85. The fourth-order valence-corrected chi connectivity index (χ4v) is 4.11. The summed E-state index contributed by atoms with van der Waals surface area (Å²) in [4.78, 5) is 12.1. The summed E-state index contributed by atoms with van der Waals surface area (Å²) in [5.41, 5.74) is 5.69. The van der Waals surface area contributed by atoms with Gasteiger partial charge in [0.15, 0.2) is 9.84 Å². The lowest BCUT2D eigenvalue weighted by atomic mass is 9.84. The van der Waals surface area contributed by atoms with Crippen LogP contribution in [-0.2, 0) is 14.6 Å². The van der Waals surface area contributed by atoms with Gasteiger partial charge in [-0.2, -0.15) is 0 Å². The van der Waals surface area contributed by atoms with Crippen LogP contribution in [0, 0.1) is 11.3 Å². The Kier molecular flexibility index (Phi) is 5.38. The van der Waals surface area contributed by atoms with Gasteiger partial charge < -0.3 is 11.1 Å². The molecule has 0 saturated carbocycles. The molecule has 0 bridgehead atoms. The van der Waals surface area contributed by atoms with Crippen molar-refractivity contribution < 1.29 is 13.2 Å². The zero-order valence-electron chi connectivity index (χ0n) is 12.1. The maximum absolute atomic E-state index is 12.1. The van der Waals surface area contributed by atoms with E-state index in [2.05, 4.69) is 26.1 Å². The maximum Gasteiger partial charge on any atom is 0.224 e. The van der Waals surface area contributed by atoms with Crippen molar-refractivity contribution in [2.75, 3.05) is 18.1 Å². The zero-order chi connectivity index (χ0) is 14.7. The van der Waals surface area contributed by atoms with Gasteiger partial charge in [-0.05, 0) is 24.7 Å². The molecule has 0 aromatic carbocycles. The lowest BCUT2D eigenvalue weighted by Gasteiger charge is -2.28. The summed E-state index contributed by atoms with van der Waals surface area (Å²) in [6, 6.07) is -0.250. The fourth-order valence-electron chi connectivity index (χ4n) is 2.48. The number of amides is 1. The molecule has 19 heavy (non-hydrogen) atoms. The molecule has 0 aliphatic carbocycles. The van der Waals surface area contributed by atoms with Gasteiger partial charge in [0.2, 0.25) is 5.91 Å². The molecular weight excluding hydrogens is 264 g/mol. The first kappa shape index (κ1) is 16.4. The second-order valence-corrected chi connectivity index (χ2v) is 8.89. The summed E-state index contributed by atoms with van der Waals surface area (Å²) in [7, 11) is -2.99. The maximum atomic E-state index is 12.1. The average Bonchev–Trinajstić information content (AvgIpc) is 2.23. The highest BCUT2D eigenvalue weighted by molar-refractivity contribution is 7.91. The molecule has 1 rings (SSSR count). The Labute approximate surface area is 116 Å². The molecule has 5 nitrogen and oxygen atoms in total. The van der Waals surface area contributed by atoms with E-state index >= 15 is 0 Å². The third kappa shape index (κ3) is 5.91. The van der Waals surface area contributed by atoms with Crippen LogP contribution < -0.4 is 11.1 Å². The Morgan fingerprint density at radius 1 is 1.42 bits per heavy atom. The number of hydrogen-bond acceptors (Lipinski definition) is 4. The first-order chi connectivity index (χ1) is 8.63. The van der Waals surface area contributed by atoms with Gasteiger partial charge in [0.25, 0.3) is 0 Å². The van der Waals surface area contributed by atoms with Crippen molar-refractivity contribution in [3.8, 4) is 0 Å². The van der Waals surface area contributed by atoms with Gasteiger partial charge in [-0.3, -0.25) is 4.79 Å². The highest BCUT2D eigenvalue weighted by Crippen LogP contribution is 2.24. The summed E-state index contributed by atoms with van der Waals surface area (Å²) >= 11 is 0. The van der Waals surface area contributed by atoms with E-state index in [-0.39, 0.29) is 34.8 Å². The molecule has 0 radical (unpaired) electrons. The first-order valence-electron chi connectivity index (χ1n) is 6.84. The predicted octanol–water partition coefficient (Wildman–Crippen LogP) is 0.691. The van der Waals surface area contributed by atoms with Crippen LogP contribution in [0.15, 0.2) is 0 Å². The third-order valence-corrected chi connectivity index (χ3v) is 5.14. The molecular formula is C13H26N2O3S. The Morgan fingerprint density at radius 3 is 2.53 bits per heavy atom. The van der Waals surface area contributed by atoms with Gasteiger partial charge in [-0.25, -0.2) is 8.42 Å². The van der Waals surface area contributed by atoms with Crippen molar-refractivity contribution in [2.24, 2.45) is 17.1 Å². The summed E-state index contributed by atoms with van der Waals surface area (Å²) in [5.74, 6) is -0.0584. The monoisotopic (exact) mass is 290 g/mol. The van der Waals surface area contributed by atoms with Crippen molar-refractivity contribution in [3.05, 3.63) is 0 Å². The number of carbonyl (C=O) groups is 1. The molecule has 1 saturated heterocycles. The minimum atomic E-state index is -2.99. The lowest BCUT2D eigenvalue weighted by molar-refractivity contribution is -0.126. The van der Waals surface area contributed by atoms with Crippen LogP contribution in [0.25, 0.3) is 0 Å². The van der Waals surface area contributed by atoms with E-state index in [0.717, 1.165) is 6.42 Å². The highest BCUT2D eigenvalue weighted by atomic mass is 32.2. The Morgan fingerprint density at radius 2 is 2.05 bits per heavy atom. The molecule has 0 aromatic heterocycles. The number of rotatable bonds is 4. The number of carbonyl (C=O) groups excluding carboxylic acids is 1. The second kappa shape index (κ2) is 6.22. The average molecular weight is 290 g/mol. The fraction of sp³-hybridized carbons (Fsp3) is 0.923. The zero-order valence-corrected chi connectivity index (χ0v) is 12.9. The van der Waals surface area contributed by atoms with Gasteiger partial charge in [0.05, 0.1) is 17.4 Å². The largest absolute Gasteiger partial charge is 0.352 e. The molecule has 0 aromatic rings. The van der Waals surface area contributed by atoms with Crippen LogP contribution >= 0.6 is 0 Å². The standard InChI is InChI=1S/C13H26N2O3S/c1-13(2,3)7-10(8-14)12(16)15-11-5-4-6-19(17,18)9-11/h10-11H,4-9,14H2,1-3H3,(H,15,16). The quantitative estimate of drug-likeness (QED) is 0.797. The van der Waals surface area contributed by atoms with E-state index in [0.29, 0.717) is 19.4 Å². The van der Waals surface area contributed by atoms with E-state index in [4.69, 9.17) is 5.73 Å². The number of sulfone groups is 1. The van der Waals surface area contributed by atoms with E-state index in [1.165, 1.54) is 0 Å². The van der Waals surface area contributed by atoms with Crippen LogP contribution in [0.4, 0.5) is 0 Å². The summed E-state index contributed by atoms with van der Waals surface area (Å²) in [6.07, 6.45) is 2.06. The Bertz CT molecular complexity index is 412. The topological polar surface area (TPSA) is 89.3 Å². The molecule has 1 fully saturated rings. The SMILES string of the molecule is CC(C)(C)CC(CN)C(=O)NC1CCCS(=O)(=O)C1. The van der Waals surface area contributed by atoms with Crippen molar-refractivity contribution in [3.63, 3.8) is 0 Å². The summed E-state index contributed by atoms with van der Waals surface area (Å²) in [6.45, 7) is 6.48. The van der Waals surface area contributed by atoms with E-state index in [1.807, 2.05) is 0 Å². The second-order valence-electron chi connectivity index (χ2n) is 6.66. The van der Waals surface area contributed by atoms with Gasteiger partial charge in [0, 0.05) is 12.6 Å². The smallest absolute Gasteiger partial charge is 0.224 e. The number of nitrogens with two attached hydrogens (primary N) is 1. The van der Waals surface area contributed by atoms with E-state index in [1.54, 1.807) is 0 Å². The molecule has 1 heterocycles. The number of nitrogens with one attached hydrogen (secondary N) is 1. The molecule has 0 spiro atoms. The van der Waals surface area contributed by atoms with Gasteiger partial charge >= 0.3 is 0 Å². The third-order valence-electron chi connectivity index (χ3n) is 3.32. The minimum absolute atomic E-state index is 0.0278. The molecule has 1 aliphatic rings. The van der Waals surface area contributed by atoms with E-state index in [9.17, 15) is 13.2 Å². The predicted molar refractivity (Wildman–Crippen MR) is 76.4 cm³/mol. The highest BCUT2D eigenvalue weighted by Gasteiger charge is 2.29. The first-order valence-corrected chi connectivity index (χ1v) is 8.66. The number of hydrogen-bond donors (Lipinski definition) is 2. The van der Waals surface area contributed by atoms with Crippen molar-refractivity contribution >= 4 is 15.7 Å². The minimum Gasteiger partial charge on any atom is -0.352 e. The van der Waals surface area contributed by atoms with Crippen molar-refractivity contribution in [2.45, 2.75) is 46.1 Å². The van der Waals surface area contributed by atoms with Gasteiger partial charge in [-0.1, -0.05) is 20.8 Å². The molecule has 112 valence electrons. The Balaban J connectivity index is 2.57. The van der Waals surface area contributed by atoms with Crippen LogP contribution in [0.2, 0.25) is 0 Å². The molecule has 2 unspecified atom stereocenters.